The van der Waals surface area contributed by atoms with Crippen molar-refractivity contribution in [2.24, 2.45) is 0 Å². The Hall–Kier alpha value is -2.00. The summed E-state index contributed by atoms with van der Waals surface area (Å²) in [5.41, 5.74) is 1.25. The molecule has 2 aromatic heterocycles. The summed E-state index contributed by atoms with van der Waals surface area (Å²) in [6.07, 6.45) is -4.13. The van der Waals surface area contributed by atoms with E-state index in [4.69, 9.17) is 26.1 Å². The topological polar surface area (TPSA) is 230 Å². The Bertz CT molecular complexity index is 1370. The molecular weight excluding hydrogens is 556 g/mol. The van der Waals surface area contributed by atoms with Crippen LogP contribution in [0.15, 0.2) is 36.7 Å². The Balaban J connectivity index is 1.59. The number of ether oxygens (including phenoxy) is 1. The maximum atomic E-state index is 11.9. The first-order valence-electron chi connectivity index (χ1n) is 10.7. The van der Waals surface area contributed by atoms with Crippen molar-refractivity contribution >= 4 is 43.8 Å². The molecule has 0 amide bonds. The van der Waals surface area contributed by atoms with Crippen LogP contribution in [0.2, 0.25) is 5.28 Å². The van der Waals surface area contributed by atoms with Crippen molar-refractivity contribution in [2.75, 3.05) is 17.8 Å². The van der Waals surface area contributed by atoms with Gasteiger partial charge in [0.05, 0.1) is 19.0 Å². The third kappa shape index (κ3) is 6.19. The number of benzene rings is 1. The number of nitrogens with one attached hydrogen (secondary N) is 1. The number of hydrogen-bond acceptors (Lipinski definition) is 11. The molecule has 4 rings (SSSR count). The molecule has 5 atom stereocenters. The van der Waals surface area contributed by atoms with Gasteiger partial charge in [0.15, 0.2) is 35.2 Å². The fourth-order valence-corrected chi connectivity index (χ4v) is 6.51. The number of rotatable bonds is 9. The zero-order chi connectivity index (χ0) is 27.2. The molecule has 0 saturated carbocycles. The fourth-order valence-electron chi connectivity index (χ4n) is 3.79. The number of anilines is 1. The molecule has 7 N–H and O–H groups in total. The molecule has 37 heavy (non-hydrogen) atoms. The third-order valence-corrected chi connectivity index (χ3v) is 9.22. The predicted octanol–water partition coefficient (Wildman–Crippen LogP) is 0.929. The maximum absolute atomic E-state index is 11.9. The second kappa shape index (κ2) is 10.3. The summed E-state index contributed by atoms with van der Waals surface area (Å²) in [5.74, 6) is -4.21. The van der Waals surface area contributed by atoms with Gasteiger partial charge in [0, 0.05) is 0 Å². The maximum Gasteiger partial charge on any atom is 0.340 e. The Morgan fingerprint density at radius 1 is 1.22 bits per heavy atom. The standard InChI is InChI=1S/C19H24ClN5O10P2/c1-10(11-5-3-2-4-6-11)22-15-13-16(24-18(20)23-15)25(8-21-13)17-14(26)19(27,28)12(35-17)7-34-37(32,33)9-36(29,30)31/h2-6,8,10,12,14,17,26-28H,7,9H2,1H3,(H,32,33)(H,22,23,24)(H2,29,30,31)/t10-,12+,14-,17+/m0/s1. The molecule has 3 aromatic rings. The van der Waals surface area contributed by atoms with Crippen LogP contribution in [0.4, 0.5) is 5.82 Å². The van der Waals surface area contributed by atoms with Crippen LogP contribution in [0.25, 0.3) is 11.2 Å². The normalized spacial score (nSPS) is 24.2. The van der Waals surface area contributed by atoms with Crippen molar-refractivity contribution in [3.8, 4) is 0 Å². The van der Waals surface area contributed by atoms with Gasteiger partial charge in [0.25, 0.3) is 0 Å². The van der Waals surface area contributed by atoms with E-state index >= 15 is 0 Å². The first-order valence-corrected chi connectivity index (χ1v) is 14.6. The van der Waals surface area contributed by atoms with E-state index in [9.17, 15) is 29.3 Å². The molecule has 202 valence electrons. The van der Waals surface area contributed by atoms with Crippen molar-refractivity contribution in [1.82, 2.24) is 19.5 Å². The lowest BCUT2D eigenvalue weighted by Crippen LogP contribution is -2.49. The number of nitrogens with zero attached hydrogens (tertiary/aromatic N) is 4. The second-order valence-corrected chi connectivity index (χ2v) is 12.8. The summed E-state index contributed by atoms with van der Waals surface area (Å²) in [4.78, 5) is 40.0. The fraction of sp³-hybridized carbons (Fsp3) is 0.421. The molecule has 1 saturated heterocycles. The molecule has 3 heterocycles. The van der Waals surface area contributed by atoms with E-state index in [2.05, 4.69) is 24.8 Å². The summed E-state index contributed by atoms with van der Waals surface area (Å²) in [5, 5.41) is 34.4. The summed E-state index contributed by atoms with van der Waals surface area (Å²) in [7, 11) is -9.74. The number of aromatic nitrogens is 4. The highest BCUT2D eigenvalue weighted by molar-refractivity contribution is 7.70. The molecule has 1 aliphatic heterocycles. The van der Waals surface area contributed by atoms with Crippen LogP contribution in [0.3, 0.4) is 0 Å². The van der Waals surface area contributed by atoms with Gasteiger partial charge < -0.3 is 44.6 Å². The smallest absolute Gasteiger partial charge is 0.340 e. The molecule has 18 heteroatoms. The van der Waals surface area contributed by atoms with E-state index in [-0.39, 0.29) is 28.3 Å². The van der Waals surface area contributed by atoms with Gasteiger partial charge in [-0.05, 0) is 24.1 Å². The molecule has 0 spiro atoms. The van der Waals surface area contributed by atoms with E-state index in [1.165, 1.54) is 10.9 Å². The summed E-state index contributed by atoms with van der Waals surface area (Å²) in [6.45, 7) is 0.902. The highest BCUT2D eigenvalue weighted by Gasteiger charge is 2.56. The van der Waals surface area contributed by atoms with Gasteiger partial charge in [-0.3, -0.25) is 13.7 Å². The molecule has 1 unspecified atom stereocenters. The molecule has 1 fully saturated rings. The van der Waals surface area contributed by atoms with E-state index < -0.39 is 51.9 Å². The Labute approximate surface area is 214 Å². The van der Waals surface area contributed by atoms with Crippen molar-refractivity contribution < 1.29 is 48.4 Å². The molecule has 0 radical (unpaired) electrons. The number of imidazole rings is 1. The van der Waals surface area contributed by atoms with Crippen molar-refractivity contribution in [3.63, 3.8) is 0 Å². The lowest BCUT2D eigenvalue weighted by Gasteiger charge is -2.25. The predicted molar refractivity (Wildman–Crippen MR) is 129 cm³/mol. The minimum Gasteiger partial charge on any atom is -0.383 e. The molecule has 15 nitrogen and oxygen atoms in total. The molecular formula is C19H24ClN5O10P2. The van der Waals surface area contributed by atoms with Gasteiger partial charge in [0.2, 0.25) is 11.1 Å². The average Bonchev–Trinajstić information content (AvgIpc) is 3.30. The molecule has 1 aromatic carbocycles. The monoisotopic (exact) mass is 579 g/mol. The van der Waals surface area contributed by atoms with Gasteiger partial charge in [-0.2, -0.15) is 9.97 Å². The van der Waals surface area contributed by atoms with Crippen molar-refractivity contribution in [2.45, 2.75) is 37.2 Å². The summed E-state index contributed by atoms with van der Waals surface area (Å²) in [6, 6.07) is 9.24. The van der Waals surface area contributed by atoms with E-state index in [0.717, 1.165) is 5.56 Å². The van der Waals surface area contributed by atoms with Gasteiger partial charge in [-0.1, -0.05) is 30.3 Å². The minimum atomic E-state index is -4.91. The van der Waals surface area contributed by atoms with Crippen LogP contribution in [0.5, 0.6) is 0 Å². The number of fused-ring (bicyclic) bond motifs is 1. The molecule has 0 bridgehead atoms. The summed E-state index contributed by atoms with van der Waals surface area (Å²) < 4.78 is 34.3. The highest BCUT2D eigenvalue weighted by Crippen LogP contribution is 2.55. The van der Waals surface area contributed by atoms with Crippen LogP contribution >= 0.6 is 26.8 Å². The Kier molecular flexibility index (Phi) is 7.79. The third-order valence-electron chi connectivity index (χ3n) is 5.59. The Morgan fingerprint density at radius 3 is 2.54 bits per heavy atom. The SMILES string of the molecule is C[C@H](Nc1nc(Cl)nc2c1ncn2[C@@H]1O[C@H](COP(=O)(O)CP(=O)(O)O)C(O)(O)[C@H]1O)c1ccccc1. The van der Waals surface area contributed by atoms with E-state index in [1.807, 2.05) is 37.3 Å². The number of aliphatic hydroxyl groups is 3. The first-order chi connectivity index (χ1) is 17.2. The van der Waals surface area contributed by atoms with E-state index in [1.54, 1.807) is 0 Å². The summed E-state index contributed by atoms with van der Waals surface area (Å²) >= 11 is 6.11. The number of aliphatic hydroxyl groups excluding tert-OH is 1. The Morgan fingerprint density at radius 2 is 1.89 bits per heavy atom. The van der Waals surface area contributed by atoms with Crippen LogP contribution in [-0.4, -0.2) is 80.0 Å². The lowest BCUT2D eigenvalue weighted by molar-refractivity contribution is -0.234. The van der Waals surface area contributed by atoms with Gasteiger partial charge in [-0.15, -0.1) is 0 Å². The molecule has 0 aliphatic carbocycles. The largest absolute Gasteiger partial charge is 0.383 e. The van der Waals surface area contributed by atoms with Crippen LogP contribution in [0, 0.1) is 0 Å². The number of hydrogen-bond donors (Lipinski definition) is 7. The second-order valence-electron chi connectivity index (χ2n) is 8.42. The average molecular weight is 580 g/mol. The van der Waals surface area contributed by atoms with Crippen LogP contribution in [0.1, 0.15) is 24.8 Å². The van der Waals surface area contributed by atoms with Gasteiger partial charge >= 0.3 is 15.2 Å². The molecule has 1 aliphatic rings. The highest BCUT2D eigenvalue weighted by atomic mass is 35.5. The number of halogens is 1. The lowest BCUT2D eigenvalue weighted by atomic mass is 10.1. The quantitative estimate of drug-likeness (QED) is 0.106. The van der Waals surface area contributed by atoms with Crippen LogP contribution < -0.4 is 5.32 Å². The zero-order valence-electron chi connectivity index (χ0n) is 19.1. The van der Waals surface area contributed by atoms with Crippen molar-refractivity contribution in [1.29, 1.82) is 0 Å². The van der Waals surface area contributed by atoms with E-state index in [0.29, 0.717) is 0 Å². The first kappa shape index (κ1) is 28.0. The minimum absolute atomic E-state index is 0.0681. The van der Waals surface area contributed by atoms with Crippen LogP contribution in [-0.2, 0) is 18.4 Å². The van der Waals surface area contributed by atoms with Crippen molar-refractivity contribution in [3.05, 3.63) is 47.5 Å². The van der Waals surface area contributed by atoms with Gasteiger partial charge in [-0.25, -0.2) is 4.98 Å². The van der Waals surface area contributed by atoms with Gasteiger partial charge in [0.1, 0.15) is 6.10 Å². The zero-order valence-corrected chi connectivity index (χ0v) is 21.6.